The number of rotatable bonds is 3. The van der Waals surface area contributed by atoms with E-state index in [1.165, 1.54) is 0 Å². The molecule has 1 atom stereocenters. The molecule has 0 aliphatic heterocycles. The van der Waals surface area contributed by atoms with Crippen LogP contribution in [0.5, 0.6) is 0 Å². The number of carbonyl (C=O) groups excluding carboxylic acids is 1. The van der Waals surface area contributed by atoms with Crippen LogP contribution in [0.25, 0.3) is 10.8 Å². The summed E-state index contributed by atoms with van der Waals surface area (Å²) in [6.45, 7) is 3.79. The van der Waals surface area contributed by atoms with Crippen molar-refractivity contribution in [3.63, 3.8) is 0 Å². The second-order valence-corrected chi connectivity index (χ2v) is 4.98. The van der Waals surface area contributed by atoms with Crippen molar-refractivity contribution < 1.29 is 4.79 Å². The molecular weight excluding hydrogens is 250 g/mol. The highest BCUT2D eigenvalue weighted by atomic mass is 16.2. The molecule has 0 spiro atoms. The predicted molar refractivity (Wildman–Crippen MR) is 80.3 cm³/mol. The summed E-state index contributed by atoms with van der Waals surface area (Å²) in [5.41, 5.74) is 0.737. The Bertz CT molecular complexity index is 653. The molecule has 4 nitrogen and oxygen atoms in total. The van der Waals surface area contributed by atoms with Gasteiger partial charge in [0, 0.05) is 5.39 Å². The van der Waals surface area contributed by atoms with Gasteiger partial charge in [-0.25, -0.2) is 4.79 Å². The van der Waals surface area contributed by atoms with E-state index in [1.807, 2.05) is 56.3 Å². The van der Waals surface area contributed by atoms with E-state index in [1.54, 1.807) is 0 Å². The normalized spacial score (nSPS) is 11.9. The third-order valence-corrected chi connectivity index (χ3v) is 3.13. The Kier molecular flexibility index (Phi) is 4.21. The molecule has 102 valence electrons. The topological polar surface area (TPSA) is 64.9 Å². The fraction of sp³-hybridized carbons (Fsp3) is 0.250. The van der Waals surface area contributed by atoms with Crippen LogP contribution in [0, 0.1) is 17.2 Å². The zero-order chi connectivity index (χ0) is 14.5. The predicted octanol–water partition coefficient (Wildman–Crippen LogP) is 3.51. The summed E-state index contributed by atoms with van der Waals surface area (Å²) < 4.78 is 0. The molecule has 4 heteroatoms. The molecule has 0 radical (unpaired) electrons. The van der Waals surface area contributed by atoms with Crippen LogP contribution in [0.4, 0.5) is 10.5 Å². The van der Waals surface area contributed by atoms with Gasteiger partial charge in [0.1, 0.15) is 6.04 Å². The lowest BCUT2D eigenvalue weighted by molar-refractivity contribution is 0.248. The lowest BCUT2D eigenvalue weighted by atomic mass is 10.1. The number of benzene rings is 2. The molecule has 1 unspecified atom stereocenters. The van der Waals surface area contributed by atoms with Crippen molar-refractivity contribution in [2.45, 2.75) is 19.9 Å². The quantitative estimate of drug-likeness (QED) is 0.893. The first-order valence-corrected chi connectivity index (χ1v) is 6.56. The molecular formula is C16H17N3O. The van der Waals surface area contributed by atoms with Crippen LogP contribution in [0.2, 0.25) is 0 Å². The van der Waals surface area contributed by atoms with E-state index in [0.717, 1.165) is 16.5 Å². The molecule has 2 aromatic rings. The maximum absolute atomic E-state index is 12.0. The van der Waals surface area contributed by atoms with Crippen molar-refractivity contribution >= 4 is 22.5 Å². The van der Waals surface area contributed by atoms with Gasteiger partial charge in [-0.2, -0.15) is 5.26 Å². The number of nitrogens with zero attached hydrogens (tertiary/aromatic N) is 1. The average Bonchev–Trinajstić information content (AvgIpc) is 2.45. The SMILES string of the molecule is CC(C)C(C#N)NC(=O)Nc1cccc2ccccc12. The van der Waals surface area contributed by atoms with Crippen LogP contribution in [0.3, 0.4) is 0 Å². The Morgan fingerprint density at radius 1 is 1.15 bits per heavy atom. The van der Waals surface area contributed by atoms with E-state index >= 15 is 0 Å². The van der Waals surface area contributed by atoms with Gasteiger partial charge in [-0.3, -0.25) is 0 Å². The van der Waals surface area contributed by atoms with Crippen LogP contribution in [-0.2, 0) is 0 Å². The lowest BCUT2D eigenvalue weighted by Gasteiger charge is -2.16. The van der Waals surface area contributed by atoms with Crippen molar-refractivity contribution in [1.82, 2.24) is 5.32 Å². The van der Waals surface area contributed by atoms with E-state index in [9.17, 15) is 4.79 Å². The molecule has 0 saturated heterocycles. The Hall–Kier alpha value is -2.54. The molecule has 0 bridgehead atoms. The molecule has 0 aromatic heterocycles. The number of fused-ring (bicyclic) bond motifs is 1. The Morgan fingerprint density at radius 3 is 2.55 bits per heavy atom. The largest absolute Gasteiger partial charge is 0.322 e. The number of nitriles is 1. The molecule has 20 heavy (non-hydrogen) atoms. The minimum absolute atomic E-state index is 0.0678. The van der Waals surface area contributed by atoms with E-state index < -0.39 is 6.04 Å². The van der Waals surface area contributed by atoms with E-state index in [4.69, 9.17) is 5.26 Å². The number of hydrogen-bond donors (Lipinski definition) is 2. The zero-order valence-corrected chi connectivity index (χ0v) is 11.6. The maximum atomic E-state index is 12.0. The third kappa shape index (κ3) is 3.07. The van der Waals surface area contributed by atoms with Gasteiger partial charge in [-0.1, -0.05) is 50.2 Å². The number of hydrogen-bond acceptors (Lipinski definition) is 2. The first kappa shape index (κ1) is 13.9. The van der Waals surface area contributed by atoms with Gasteiger partial charge in [0.2, 0.25) is 0 Å². The highest BCUT2D eigenvalue weighted by Gasteiger charge is 2.15. The van der Waals surface area contributed by atoms with Crippen molar-refractivity contribution in [2.24, 2.45) is 5.92 Å². The Labute approximate surface area is 118 Å². The van der Waals surface area contributed by atoms with Crippen LogP contribution in [0.15, 0.2) is 42.5 Å². The minimum atomic E-state index is -0.495. The van der Waals surface area contributed by atoms with E-state index in [0.29, 0.717) is 0 Å². The fourth-order valence-electron chi connectivity index (χ4n) is 1.98. The smallest absolute Gasteiger partial charge is 0.320 e. The third-order valence-electron chi connectivity index (χ3n) is 3.13. The number of anilines is 1. The maximum Gasteiger partial charge on any atom is 0.320 e. The van der Waals surface area contributed by atoms with E-state index in [-0.39, 0.29) is 11.9 Å². The Balaban J connectivity index is 2.16. The van der Waals surface area contributed by atoms with E-state index in [2.05, 4.69) is 16.7 Å². The standard InChI is InChI=1S/C16H17N3O/c1-11(2)15(10-17)19-16(20)18-14-9-5-7-12-6-3-4-8-13(12)14/h3-9,11,15H,1-2H3,(H2,18,19,20). The van der Waals surface area contributed by atoms with Gasteiger partial charge in [0.05, 0.1) is 11.8 Å². The van der Waals surface area contributed by atoms with Gasteiger partial charge in [0.25, 0.3) is 0 Å². The van der Waals surface area contributed by atoms with Gasteiger partial charge in [-0.05, 0) is 17.4 Å². The molecule has 0 fully saturated rings. The minimum Gasteiger partial charge on any atom is -0.322 e. The molecule has 0 aliphatic carbocycles. The van der Waals surface area contributed by atoms with Gasteiger partial charge >= 0.3 is 6.03 Å². The molecule has 2 amide bonds. The van der Waals surface area contributed by atoms with Crippen molar-refractivity contribution in [2.75, 3.05) is 5.32 Å². The van der Waals surface area contributed by atoms with Crippen molar-refractivity contribution in [3.05, 3.63) is 42.5 Å². The average molecular weight is 267 g/mol. The second-order valence-electron chi connectivity index (χ2n) is 4.98. The zero-order valence-electron chi connectivity index (χ0n) is 11.6. The number of amides is 2. The summed E-state index contributed by atoms with van der Waals surface area (Å²) in [5, 5.41) is 16.5. The number of urea groups is 1. The molecule has 2 N–H and O–H groups in total. The first-order chi connectivity index (χ1) is 9.61. The van der Waals surface area contributed by atoms with Crippen molar-refractivity contribution in [3.8, 4) is 6.07 Å². The first-order valence-electron chi connectivity index (χ1n) is 6.56. The molecule has 0 aliphatic rings. The summed E-state index contributed by atoms with van der Waals surface area (Å²) in [6, 6.07) is 14.8. The number of carbonyl (C=O) groups is 1. The van der Waals surface area contributed by atoms with Gasteiger partial charge in [0.15, 0.2) is 0 Å². The molecule has 0 saturated carbocycles. The van der Waals surface area contributed by atoms with Gasteiger partial charge in [-0.15, -0.1) is 0 Å². The number of nitrogens with one attached hydrogen (secondary N) is 2. The molecule has 0 heterocycles. The van der Waals surface area contributed by atoms with Crippen molar-refractivity contribution in [1.29, 1.82) is 5.26 Å². The second kappa shape index (κ2) is 6.07. The molecule has 2 rings (SSSR count). The van der Waals surface area contributed by atoms with Gasteiger partial charge < -0.3 is 10.6 Å². The highest BCUT2D eigenvalue weighted by Crippen LogP contribution is 2.22. The summed E-state index contributed by atoms with van der Waals surface area (Å²) in [4.78, 5) is 12.0. The highest BCUT2D eigenvalue weighted by molar-refractivity contribution is 6.01. The van der Waals surface area contributed by atoms with Crippen LogP contribution >= 0.6 is 0 Å². The summed E-state index contributed by atoms with van der Waals surface area (Å²) >= 11 is 0. The summed E-state index contributed by atoms with van der Waals surface area (Å²) in [5.74, 6) is 0.0678. The monoisotopic (exact) mass is 267 g/mol. The van der Waals surface area contributed by atoms with Crippen LogP contribution < -0.4 is 10.6 Å². The Morgan fingerprint density at radius 2 is 1.85 bits per heavy atom. The lowest BCUT2D eigenvalue weighted by Crippen LogP contribution is -2.40. The summed E-state index contributed by atoms with van der Waals surface area (Å²) in [7, 11) is 0. The molecule has 2 aromatic carbocycles. The summed E-state index contributed by atoms with van der Waals surface area (Å²) in [6.07, 6.45) is 0. The van der Waals surface area contributed by atoms with Crippen LogP contribution in [-0.4, -0.2) is 12.1 Å². The fourth-order valence-corrected chi connectivity index (χ4v) is 1.98. The van der Waals surface area contributed by atoms with Crippen LogP contribution in [0.1, 0.15) is 13.8 Å².